The first-order valence-corrected chi connectivity index (χ1v) is 8.08. The van der Waals surface area contributed by atoms with Crippen LogP contribution in [0, 0.1) is 5.92 Å². The van der Waals surface area contributed by atoms with Gasteiger partial charge in [0.05, 0.1) is 6.54 Å². The van der Waals surface area contributed by atoms with Crippen LogP contribution in [-0.2, 0) is 11.3 Å². The van der Waals surface area contributed by atoms with E-state index in [0.29, 0.717) is 16.5 Å². The molecule has 1 atom stereocenters. The average Bonchev–Trinajstić information content (AvgIpc) is 2.88. The van der Waals surface area contributed by atoms with Crippen LogP contribution < -0.4 is 14.9 Å². The van der Waals surface area contributed by atoms with Crippen LogP contribution in [0.3, 0.4) is 0 Å². The smallest absolute Gasteiger partial charge is 0.304 e. The summed E-state index contributed by atoms with van der Waals surface area (Å²) in [5, 5.41) is 5.01. The third-order valence-electron chi connectivity index (χ3n) is 2.95. The Balaban J connectivity index is 2.00. The van der Waals surface area contributed by atoms with E-state index in [0.717, 1.165) is 11.3 Å². The number of halogens is 1. The van der Waals surface area contributed by atoms with Gasteiger partial charge in [-0.15, -0.1) is 0 Å². The second-order valence-corrected chi connectivity index (χ2v) is 6.41. The Bertz CT molecular complexity index is 696. The minimum atomic E-state index is -0.635. The molecule has 0 aliphatic rings. The lowest BCUT2D eigenvalue weighted by molar-refractivity contribution is -0.130. The lowest BCUT2D eigenvalue weighted by Gasteiger charge is -2.21. The number of hydrogen-bond donors (Lipinski definition) is 2. The highest BCUT2D eigenvalue weighted by atomic mass is 35.5. The summed E-state index contributed by atoms with van der Waals surface area (Å²) in [6.45, 7) is 4.07. The largest absolute Gasteiger partial charge is 0.480 e. The summed E-state index contributed by atoms with van der Waals surface area (Å²) in [6, 6.07) is 6.93. The van der Waals surface area contributed by atoms with Crippen LogP contribution in [0.5, 0.6) is 5.75 Å². The molecule has 2 N–H and O–H groups in total. The zero-order valence-corrected chi connectivity index (χ0v) is 13.8. The van der Waals surface area contributed by atoms with E-state index in [9.17, 15) is 9.59 Å². The van der Waals surface area contributed by atoms with E-state index in [-0.39, 0.29) is 23.2 Å². The Morgan fingerprint density at radius 3 is 2.82 bits per heavy atom. The SMILES string of the molecule is CC(C)[C@H](Oc1cccc(Cl)c1)C(=O)NCc1csc(=O)[nH]1. The van der Waals surface area contributed by atoms with Crippen LogP contribution in [0.25, 0.3) is 0 Å². The molecule has 118 valence electrons. The lowest BCUT2D eigenvalue weighted by atomic mass is 10.1. The normalized spacial score (nSPS) is 12.2. The van der Waals surface area contributed by atoms with Gasteiger partial charge in [-0.05, 0) is 24.1 Å². The maximum Gasteiger partial charge on any atom is 0.304 e. The molecule has 0 aliphatic carbocycles. The second-order valence-electron chi connectivity index (χ2n) is 5.13. The van der Waals surface area contributed by atoms with Gasteiger partial charge in [-0.25, -0.2) is 0 Å². The molecule has 1 aromatic carbocycles. The predicted octanol–water partition coefficient (Wildman–Crippen LogP) is 2.81. The molecule has 2 rings (SSSR count). The van der Waals surface area contributed by atoms with Crippen molar-refractivity contribution in [2.45, 2.75) is 26.5 Å². The molecule has 5 nitrogen and oxygen atoms in total. The van der Waals surface area contributed by atoms with Crippen molar-refractivity contribution in [3.05, 3.63) is 50.0 Å². The van der Waals surface area contributed by atoms with Gasteiger partial charge in [-0.1, -0.05) is 42.9 Å². The van der Waals surface area contributed by atoms with Crippen molar-refractivity contribution in [2.24, 2.45) is 5.92 Å². The van der Waals surface area contributed by atoms with Crippen LogP contribution in [0.4, 0.5) is 0 Å². The molecule has 2 aromatic rings. The van der Waals surface area contributed by atoms with Crippen molar-refractivity contribution < 1.29 is 9.53 Å². The second kappa shape index (κ2) is 7.47. The summed E-state index contributed by atoms with van der Waals surface area (Å²) in [5.74, 6) is 0.299. The maximum atomic E-state index is 12.3. The summed E-state index contributed by atoms with van der Waals surface area (Å²) >= 11 is 6.98. The van der Waals surface area contributed by atoms with Crippen molar-refractivity contribution in [2.75, 3.05) is 0 Å². The number of nitrogens with one attached hydrogen (secondary N) is 2. The van der Waals surface area contributed by atoms with Gasteiger partial charge in [0, 0.05) is 16.1 Å². The van der Waals surface area contributed by atoms with Crippen molar-refractivity contribution in [1.29, 1.82) is 0 Å². The molecule has 0 saturated heterocycles. The van der Waals surface area contributed by atoms with Crippen molar-refractivity contribution in [3.8, 4) is 5.75 Å². The molecule has 0 radical (unpaired) electrons. The Labute approximate surface area is 137 Å². The number of aromatic nitrogens is 1. The van der Waals surface area contributed by atoms with Gasteiger partial charge >= 0.3 is 4.87 Å². The van der Waals surface area contributed by atoms with Crippen molar-refractivity contribution in [3.63, 3.8) is 0 Å². The molecule has 0 spiro atoms. The van der Waals surface area contributed by atoms with E-state index in [1.165, 1.54) is 0 Å². The van der Waals surface area contributed by atoms with Gasteiger partial charge in [0.1, 0.15) is 5.75 Å². The monoisotopic (exact) mass is 340 g/mol. The first-order chi connectivity index (χ1) is 10.5. The fourth-order valence-electron chi connectivity index (χ4n) is 1.86. The van der Waals surface area contributed by atoms with Gasteiger partial charge in [0.25, 0.3) is 5.91 Å². The average molecular weight is 341 g/mol. The molecule has 0 bridgehead atoms. The van der Waals surface area contributed by atoms with Crippen molar-refractivity contribution >= 4 is 28.8 Å². The number of aromatic amines is 1. The molecule has 7 heteroatoms. The molecule has 0 unspecified atom stereocenters. The molecule has 0 fully saturated rings. The highest BCUT2D eigenvalue weighted by molar-refractivity contribution is 7.07. The van der Waals surface area contributed by atoms with Gasteiger partial charge < -0.3 is 15.0 Å². The summed E-state index contributed by atoms with van der Waals surface area (Å²) in [6.07, 6.45) is -0.635. The minimum Gasteiger partial charge on any atom is -0.480 e. The number of hydrogen-bond acceptors (Lipinski definition) is 4. The number of thiazole rings is 1. The summed E-state index contributed by atoms with van der Waals surface area (Å²) in [5.41, 5.74) is 0.675. The number of H-pyrrole nitrogens is 1. The summed E-state index contributed by atoms with van der Waals surface area (Å²) in [7, 11) is 0. The Kier molecular flexibility index (Phi) is 5.63. The zero-order valence-electron chi connectivity index (χ0n) is 12.3. The Morgan fingerprint density at radius 1 is 1.45 bits per heavy atom. The molecular weight excluding hydrogens is 324 g/mol. The molecule has 0 aliphatic heterocycles. The van der Waals surface area contributed by atoms with Crippen molar-refractivity contribution in [1.82, 2.24) is 10.3 Å². The lowest BCUT2D eigenvalue weighted by Crippen LogP contribution is -2.41. The standard InChI is InChI=1S/C15H17ClN2O3S/c1-9(2)13(21-12-5-3-4-10(16)6-12)14(19)17-7-11-8-22-15(20)18-11/h3-6,8-9,13H,7H2,1-2H3,(H,17,19)(H,18,20)/t13-/m0/s1. The summed E-state index contributed by atoms with van der Waals surface area (Å²) < 4.78 is 5.75. The number of rotatable bonds is 6. The topological polar surface area (TPSA) is 71.2 Å². The molecule has 1 aromatic heterocycles. The number of carbonyl (C=O) groups is 1. The third-order valence-corrected chi connectivity index (χ3v) is 3.90. The van der Waals surface area contributed by atoms with Crippen LogP contribution in [0.15, 0.2) is 34.4 Å². The maximum absolute atomic E-state index is 12.3. The summed E-state index contributed by atoms with van der Waals surface area (Å²) in [4.78, 5) is 25.9. The van der Waals surface area contributed by atoms with E-state index < -0.39 is 6.10 Å². The molecule has 1 amide bonds. The number of benzene rings is 1. The van der Waals surface area contributed by atoms with Gasteiger partial charge in [-0.3, -0.25) is 9.59 Å². The quantitative estimate of drug-likeness (QED) is 0.849. The minimum absolute atomic E-state index is 0.0134. The molecule has 1 heterocycles. The van der Waals surface area contributed by atoms with E-state index in [4.69, 9.17) is 16.3 Å². The fourth-order valence-corrected chi connectivity index (χ4v) is 2.62. The molecule has 0 saturated carbocycles. The molecular formula is C15H17ClN2O3S. The highest BCUT2D eigenvalue weighted by Crippen LogP contribution is 2.20. The van der Waals surface area contributed by atoms with Gasteiger partial charge in [-0.2, -0.15) is 0 Å². The Hall–Kier alpha value is -1.79. The fraction of sp³-hybridized carbons (Fsp3) is 0.333. The number of amides is 1. The Morgan fingerprint density at radius 2 is 2.23 bits per heavy atom. The van der Waals surface area contributed by atoms with Gasteiger partial charge in [0.2, 0.25) is 0 Å². The van der Waals surface area contributed by atoms with E-state index in [1.807, 2.05) is 13.8 Å². The first-order valence-electron chi connectivity index (χ1n) is 6.82. The van der Waals surface area contributed by atoms with E-state index >= 15 is 0 Å². The first kappa shape index (κ1) is 16.6. The third kappa shape index (κ3) is 4.61. The van der Waals surface area contributed by atoms with Crippen LogP contribution in [0.2, 0.25) is 5.02 Å². The highest BCUT2D eigenvalue weighted by Gasteiger charge is 2.24. The predicted molar refractivity (Wildman–Crippen MR) is 87.5 cm³/mol. The van der Waals surface area contributed by atoms with Crippen LogP contribution >= 0.6 is 22.9 Å². The number of ether oxygens (including phenoxy) is 1. The van der Waals surface area contributed by atoms with E-state index in [1.54, 1.807) is 29.6 Å². The number of carbonyl (C=O) groups excluding carboxylic acids is 1. The van der Waals surface area contributed by atoms with Gasteiger partial charge in [0.15, 0.2) is 6.10 Å². The van der Waals surface area contributed by atoms with Crippen LogP contribution in [0.1, 0.15) is 19.5 Å². The molecule has 22 heavy (non-hydrogen) atoms. The zero-order chi connectivity index (χ0) is 16.1. The van der Waals surface area contributed by atoms with Crippen LogP contribution in [-0.4, -0.2) is 17.0 Å². The van der Waals surface area contributed by atoms with E-state index in [2.05, 4.69) is 10.3 Å².